The molecular formula is C14H30N2O. The van der Waals surface area contributed by atoms with Crippen molar-refractivity contribution < 1.29 is 5.11 Å². The third-order valence-corrected chi connectivity index (χ3v) is 3.91. The molecule has 2 atom stereocenters. The second-order valence-electron chi connectivity index (χ2n) is 5.33. The molecule has 1 aliphatic rings. The van der Waals surface area contributed by atoms with Crippen LogP contribution >= 0.6 is 0 Å². The van der Waals surface area contributed by atoms with Gasteiger partial charge in [-0.25, -0.2) is 0 Å². The van der Waals surface area contributed by atoms with Gasteiger partial charge in [0.25, 0.3) is 0 Å². The van der Waals surface area contributed by atoms with Crippen molar-refractivity contribution in [3.05, 3.63) is 0 Å². The average Bonchev–Trinajstić information content (AvgIpc) is 2.35. The summed E-state index contributed by atoms with van der Waals surface area (Å²) < 4.78 is 0. The molecule has 0 spiro atoms. The van der Waals surface area contributed by atoms with Crippen molar-refractivity contribution in [3.8, 4) is 0 Å². The van der Waals surface area contributed by atoms with E-state index in [0.29, 0.717) is 12.6 Å². The molecule has 102 valence electrons. The van der Waals surface area contributed by atoms with E-state index in [1.165, 1.54) is 45.3 Å². The second-order valence-corrected chi connectivity index (χ2v) is 5.33. The average molecular weight is 242 g/mol. The largest absolute Gasteiger partial charge is 0.396 e. The fraction of sp³-hybridized carbons (Fsp3) is 1.00. The maximum Gasteiger partial charge on any atom is 0.0431 e. The van der Waals surface area contributed by atoms with E-state index in [9.17, 15) is 0 Å². The first-order valence-corrected chi connectivity index (χ1v) is 7.34. The van der Waals surface area contributed by atoms with E-state index in [1.54, 1.807) is 0 Å². The van der Waals surface area contributed by atoms with E-state index in [-0.39, 0.29) is 0 Å². The molecule has 3 heteroatoms. The molecular weight excluding hydrogens is 212 g/mol. The Hall–Kier alpha value is -0.120. The Morgan fingerprint density at radius 2 is 2.18 bits per heavy atom. The monoisotopic (exact) mass is 242 g/mol. The molecule has 0 bridgehead atoms. The first kappa shape index (κ1) is 14.9. The van der Waals surface area contributed by atoms with Crippen LogP contribution in [0.3, 0.4) is 0 Å². The molecule has 1 fully saturated rings. The zero-order chi connectivity index (χ0) is 12.5. The van der Waals surface area contributed by atoms with Crippen LogP contribution in [-0.4, -0.2) is 48.8 Å². The van der Waals surface area contributed by atoms with E-state index in [2.05, 4.69) is 24.1 Å². The molecule has 3 nitrogen and oxygen atoms in total. The van der Waals surface area contributed by atoms with Crippen molar-refractivity contribution in [1.29, 1.82) is 0 Å². The first-order valence-electron chi connectivity index (χ1n) is 7.34. The smallest absolute Gasteiger partial charge is 0.0431 e. The lowest BCUT2D eigenvalue weighted by atomic mass is 9.91. The van der Waals surface area contributed by atoms with Crippen LogP contribution in [0.25, 0.3) is 0 Å². The standard InChI is InChI=1S/C14H30N2O/c1-3-15-13(2)14-8-7-10-16(12-14)9-5-4-6-11-17/h13-15,17H,3-12H2,1-2H3. The van der Waals surface area contributed by atoms with Gasteiger partial charge in [-0.1, -0.05) is 6.92 Å². The molecule has 0 aliphatic carbocycles. The molecule has 0 radical (unpaired) electrons. The Bertz CT molecular complexity index is 187. The Kier molecular flexibility index (Phi) is 7.82. The first-order chi connectivity index (χ1) is 8.27. The fourth-order valence-corrected chi connectivity index (χ4v) is 2.82. The van der Waals surface area contributed by atoms with Gasteiger partial charge in [0.1, 0.15) is 0 Å². The molecule has 1 heterocycles. The minimum absolute atomic E-state index is 0.347. The number of aliphatic hydroxyl groups is 1. The van der Waals surface area contributed by atoms with Crippen LogP contribution in [0.1, 0.15) is 46.0 Å². The summed E-state index contributed by atoms with van der Waals surface area (Å²) >= 11 is 0. The zero-order valence-corrected chi connectivity index (χ0v) is 11.6. The lowest BCUT2D eigenvalue weighted by Crippen LogP contribution is -2.44. The topological polar surface area (TPSA) is 35.5 Å². The molecule has 0 aromatic rings. The second kappa shape index (κ2) is 8.90. The van der Waals surface area contributed by atoms with Gasteiger partial charge in [-0.3, -0.25) is 0 Å². The van der Waals surface area contributed by atoms with Gasteiger partial charge in [-0.15, -0.1) is 0 Å². The van der Waals surface area contributed by atoms with Crippen molar-refractivity contribution in [2.24, 2.45) is 5.92 Å². The zero-order valence-electron chi connectivity index (χ0n) is 11.6. The van der Waals surface area contributed by atoms with E-state index in [0.717, 1.165) is 18.9 Å². The summed E-state index contributed by atoms with van der Waals surface area (Å²) in [6.07, 6.45) is 6.09. The minimum atomic E-state index is 0.347. The number of nitrogens with zero attached hydrogens (tertiary/aromatic N) is 1. The summed E-state index contributed by atoms with van der Waals surface area (Å²) in [5, 5.41) is 12.3. The third-order valence-electron chi connectivity index (χ3n) is 3.91. The van der Waals surface area contributed by atoms with Crippen LogP contribution < -0.4 is 5.32 Å². The van der Waals surface area contributed by atoms with Crippen molar-refractivity contribution in [3.63, 3.8) is 0 Å². The van der Waals surface area contributed by atoms with Gasteiger partial charge in [0.2, 0.25) is 0 Å². The number of nitrogens with one attached hydrogen (secondary N) is 1. The molecule has 1 saturated heterocycles. The van der Waals surface area contributed by atoms with Gasteiger partial charge in [0, 0.05) is 19.2 Å². The molecule has 0 aromatic heterocycles. The van der Waals surface area contributed by atoms with Gasteiger partial charge in [-0.2, -0.15) is 0 Å². The summed E-state index contributed by atoms with van der Waals surface area (Å²) in [5.74, 6) is 0.821. The van der Waals surface area contributed by atoms with Crippen molar-refractivity contribution >= 4 is 0 Å². The maximum atomic E-state index is 8.76. The fourth-order valence-electron chi connectivity index (χ4n) is 2.82. The summed E-state index contributed by atoms with van der Waals surface area (Å²) in [4.78, 5) is 2.61. The number of piperidine rings is 1. The van der Waals surface area contributed by atoms with Crippen molar-refractivity contribution in [2.75, 3.05) is 32.8 Å². The number of hydrogen-bond donors (Lipinski definition) is 2. The van der Waals surface area contributed by atoms with E-state index in [1.807, 2.05) is 0 Å². The number of unbranched alkanes of at least 4 members (excludes halogenated alkanes) is 2. The Balaban J connectivity index is 2.19. The van der Waals surface area contributed by atoms with Gasteiger partial charge in [0.15, 0.2) is 0 Å². The van der Waals surface area contributed by atoms with Gasteiger partial charge in [-0.05, 0) is 64.6 Å². The lowest BCUT2D eigenvalue weighted by Gasteiger charge is -2.36. The summed E-state index contributed by atoms with van der Waals surface area (Å²) in [7, 11) is 0. The summed E-state index contributed by atoms with van der Waals surface area (Å²) in [5.41, 5.74) is 0. The molecule has 2 unspecified atom stereocenters. The molecule has 0 saturated carbocycles. The van der Waals surface area contributed by atoms with Gasteiger partial charge < -0.3 is 15.3 Å². The molecule has 0 amide bonds. The highest BCUT2D eigenvalue weighted by molar-refractivity contribution is 4.80. The Morgan fingerprint density at radius 3 is 2.88 bits per heavy atom. The Labute approximate surface area is 107 Å². The highest BCUT2D eigenvalue weighted by atomic mass is 16.2. The predicted molar refractivity (Wildman–Crippen MR) is 73.2 cm³/mol. The van der Waals surface area contributed by atoms with Crippen molar-refractivity contribution in [1.82, 2.24) is 10.2 Å². The number of rotatable bonds is 8. The molecule has 17 heavy (non-hydrogen) atoms. The summed E-state index contributed by atoms with van der Waals surface area (Å²) in [6.45, 7) is 9.68. The lowest BCUT2D eigenvalue weighted by molar-refractivity contribution is 0.148. The maximum absolute atomic E-state index is 8.76. The minimum Gasteiger partial charge on any atom is -0.396 e. The highest BCUT2D eigenvalue weighted by Gasteiger charge is 2.23. The van der Waals surface area contributed by atoms with Crippen LogP contribution in [-0.2, 0) is 0 Å². The third kappa shape index (κ3) is 5.84. The molecule has 2 N–H and O–H groups in total. The van der Waals surface area contributed by atoms with Crippen LogP contribution in [0.4, 0.5) is 0 Å². The van der Waals surface area contributed by atoms with Crippen LogP contribution in [0, 0.1) is 5.92 Å². The summed E-state index contributed by atoms with van der Waals surface area (Å²) in [6, 6.07) is 0.653. The molecule has 0 aromatic carbocycles. The van der Waals surface area contributed by atoms with Crippen molar-refractivity contribution in [2.45, 2.75) is 52.0 Å². The molecule has 1 aliphatic heterocycles. The van der Waals surface area contributed by atoms with E-state index >= 15 is 0 Å². The van der Waals surface area contributed by atoms with Crippen LogP contribution in [0.5, 0.6) is 0 Å². The predicted octanol–water partition coefficient (Wildman–Crippen LogP) is 1.86. The quantitative estimate of drug-likeness (QED) is 0.638. The SMILES string of the molecule is CCNC(C)C1CCCN(CCCCCO)C1. The van der Waals surface area contributed by atoms with Crippen LogP contribution in [0.2, 0.25) is 0 Å². The van der Waals surface area contributed by atoms with Gasteiger partial charge >= 0.3 is 0 Å². The van der Waals surface area contributed by atoms with E-state index < -0.39 is 0 Å². The molecule has 1 rings (SSSR count). The number of hydrogen-bond acceptors (Lipinski definition) is 3. The van der Waals surface area contributed by atoms with E-state index in [4.69, 9.17) is 5.11 Å². The number of likely N-dealkylation sites (tertiary alicyclic amines) is 1. The number of aliphatic hydroxyl groups excluding tert-OH is 1. The Morgan fingerprint density at radius 1 is 1.35 bits per heavy atom. The normalized spacial score (nSPS) is 23.8. The van der Waals surface area contributed by atoms with Gasteiger partial charge in [0.05, 0.1) is 0 Å². The van der Waals surface area contributed by atoms with Crippen LogP contribution in [0.15, 0.2) is 0 Å². The highest BCUT2D eigenvalue weighted by Crippen LogP contribution is 2.20.